The Kier molecular flexibility index (Phi) is 5.52. The van der Waals surface area contributed by atoms with E-state index in [-0.39, 0.29) is 24.9 Å². The molecule has 2 amide bonds. The Hall–Kier alpha value is -2.08. The molecule has 0 aliphatic rings. The van der Waals surface area contributed by atoms with Gasteiger partial charge >= 0.3 is 0 Å². The van der Waals surface area contributed by atoms with Gasteiger partial charge in [-0.15, -0.1) is 0 Å². The zero-order valence-electron chi connectivity index (χ0n) is 11.8. The lowest BCUT2D eigenvalue weighted by Crippen LogP contribution is -2.44. The summed E-state index contributed by atoms with van der Waals surface area (Å²) in [7, 11) is 0. The number of carbonyl (C=O) groups excluding carboxylic acids is 2. The van der Waals surface area contributed by atoms with E-state index in [1.54, 1.807) is 31.2 Å². The van der Waals surface area contributed by atoms with Gasteiger partial charge in [-0.25, -0.2) is 0 Å². The Labute approximate surface area is 118 Å². The number of nitrogens with two attached hydrogens (primary N) is 1. The smallest absolute Gasteiger partial charge is 0.251 e. The number of carbonyl (C=O) groups is 2. The van der Waals surface area contributed by atoms with Gasteiger partial charge in [0.2, 0.25) is 5.91 Å². The van der Waals surface area contributed by atoms with Crippen molar-refractivity contribution in [1.29, 1.82) is 0 Å². The molecule has 0 radical (unpaired) electrons. The lowest BCUT2D eigenvalue weighted by molar-refractivity contribution is -0.121. The molecule has 0 aliphatic carbocycles. The van der Waals surface area contributed by atoms with E-state index in [4.69, 9.17) is 5.73 Å². The van der Waals surface area contributed by atoms with Crippen molar-refractivity contribution in [1.82, 2.24) is 10.6 Å². The minimum absolute atomic E-state index is 0.136. The first-order valence-electron chi connectivity index (χ1n) is 6.47. The predicted molar refractivity (Wildman–Crippen MR) is 77.1 cm³/mol. The van der Waals surface area contributed by atoms with E-state index in [0.717, 1.165) is 0 Å². The van der Waals surface area contributed by atoms with Crippen LogP contribution in [-0.2, 0) is 4.79 Å². The zero-order chi connectivity index (χ0) is 15.2. The monoisotopic (exact) mass is 279 g/mol. The SMILES string of the molecule is CCC(C)(O)CNC(=O)CNC(=O)c1ccc(N)cc1. The maximum absolute atomic E-state index is 11.7. The molecular weight excluding hydrogens is 258 g/mol. The fourth-order valence-electron chi connectivity index (χ4n) is 1.37. The van der Waals surface area contributed by atoms with Gasteiger partial charge in [-0.2, -0.15) is 0 Å². The number of benzene rings is 1. The van der Waals surface area contributed by atoms with Gasteiger partial charge in [-0.1, -0.05) is 6.92 Å². The van der Waals surface area contributed by atoms with E-state index >= 15 is 0 Å². The molecule has 0 fully saturated rings. The van der Waals surface area contributed by atoms with Crippen molar-refractivity contribution in [2.45, 2.75) is 25.9 Å². The van der Waals surface area contributed by atoms with Crippen LogP contribution in [0.1, 0.15) is 30.6 Å². The average Bonchev–Trinajstić information content (AvgIpc) is 2.43. The first kappa shape index (κ1) is 16.0. The van der Waals surface area contributed by atoms with Gasteiger partial charge in [0.15, 0.2) is 0 Å². The molecule has 20 heavy (non-hydrogen) atoms. The summed E-state index contributed by atoms with van der Waals surface area (Å²) in [6, 6.07) is 6.41. The Balaban J connectivity index is 2.37. The van der Waals surface area contributed by atoms with Crippen molar-refractivity contribution in [3.05, 3.63) is 29.8 Å². The molecule has 1 aromatic rings. The highest BCUT2D eigenvalue weighted by molar-refractivity contribution is 5.96. The summed E-state index contributed by atoms with van der Waals surface area (Å²) >= 11 is 0. The van der Waals surface area contributed by atoms with E-state index < -0.39 is 5.60 Å². The minimum Gasteiger partial charge on any atom is -0.399 e. The highest BCUT2D eigenvalue weighted by atomic mass is 16.3. The molecule has 0 aromatic heterocycles. The molecule has 1 atom stereocenters. The van der Waals surface area contributed by atoms with E-state index in [9.17, 15) is 14.7 Å². The highest BCUT2D eigenvalue weighted by Crippen LogP contribution is 2.06. The zero-order valence-corrected chi connectivity index (χ0v) is 11.8. The first-order chi connectivity index (χ1) is 9.34. The molecule has 0 saturated carbocycles. The number of rotatable bonds is 6. The lowest BCUT2D eigenvalue weighted by atomic mass is 10.0. The molecule has 110 valence electrons. The van der Waals surface area contributed by atoms with Gasteiger partial charge < -0.3 is 21.5 Å². The van der Waals surface area contributed by atoms with Crippen molar-refractivity contribution in [3.63, 3.8) is 0 Å². The van der Waals surface area contributed by atoms with Crippen molar-refractivity contribution < 1.29 is 14.7 Å². The number of amides is 2. The third-order valence-electron chi connectivity index (χ3n) is 3.01. The third-order valence-corrected chi connectivity index (χ3v) is 3.01. The van der Waals surface area contributed by atoms with Crippen LogP contribution in [0.15, 0.2) is 24.3 Å². The van der Waals surface area contributed by atoms with Gasteiger partial charge in [-0.05, 0) is 37.6 Å². The van der Waals surface area contributed by atoms with E-state index in [1.165, 1.54) is 0 Å². The summed E-state index contributed by atoms with van der Waals surface area (Å²) in [5, 5.41) is 14.8. The molecule has 1 rings (SSSR count). The molecule has 0 aliphatic heterocycles. The molecule has 6 nitrogen and oxygen atoms in total. The second-order valence-corrected chi connectivity index (χ2v) is 4.93. The van der Waals surface area contributed by atoms with Crippen LogP contribution in [0.3, 0.4) is 0 Å². The molecular formula is C14H21N3O3. The summed E-state index contributed by atoms with van der Waals surface area (Å²) in [6.45, 7) is 3.48. The fraction of sp³-hybridized carbons (Fsp3) is 0.429. The van der Waals surface area contributed by atoms with Gasteiger partial charge in [-0.3, -0.25) is 9.59 Å². The average molecular weight is 279 g/mol. The number of hydrogen-bond donors (Lipinski definition) is 4. The fourth-order valence-corrected chi connectivity index (χ4v) is 1.37. The highest BCUT2D eigenvalue weighted by Gasteiger charge is 2.18. The summed E-state index contributed by atoms with van der Waals surface area (Å²) < 4.78 is 0. The van der Waals surface area contributed by atoms with Gasteiger partial charge in [0.1, 0.15) is 0 Å². The Morgan fingerprint density at radius 2 is 1.85 bits per heavy atom. The number of anilines is 1. The van der Waals surface area contributed by atoms with E-state index in [2.05, 4.69) is 10.6 Å². The van der Waals surface area contributed by atoms with Crippen LogP contribution in [0.2, 0.25) is 0 Å². The van der Waals surface area contributed by atoms with Crippen LogP contribution in [-0.4, -0.2) is 35.6 Å². The summed E-state index contributed by atoms with van der Waals surface area (Å²) in [5.41, 5.74) is 5.60. The van der Waals surface area contributed by atoms with E-state index in [1.807, 2.05) is 6.92 Å². The Morgan fingerprint density at radius 3 is 2.40 bits per heavy atom. The topological polar surface area (TPSA) is 104 Å². The van der Waals surface area contributed by atoms with Crippen LogP contribution >= 0.6 is 0 Å². The molecule has 6 heteroatoms. The molecule has 0 saturated heterocycles. The summed E-state index contributed by atoms with van der Waals surface area (Å²) in [4.78, 5) is 23.3. The van der Waals surface area contributed by atoms with Crippen molar-refractivity contribution in [3.8, 4) is 0 Å². The van der Waals surface area contributed by atoms with Crippen molar-refractivity contribution in [2.24, 2.45) is 0 Å². The number of aliphatic hydroxyl groups is 1. The number of nitrogen functional groups attached to an aromatic ring is 1. The predicted octanol–water partition coefficient (Wildman–Crippen LogP) is 0.276. The summed E-state index contributed by atoms with van der Waals surface area (Å²) in [6.07, 6.45) is 0.533. The Morgan fingerprint density at radius 1 is 1.25 bits per heavy atom. The van der Waals surface area contributed by atoms with Crippen LogP contribution in [0.5, 0.6) is 0 Å². The van der Waals surface area contributed by atoms with Crippen LogP contribution < -0.4 is 16.4 Å². The Bertz CT molecular complexity index is 469. The van der Waals surface area contributed by atoms with Crippen molar-refractivity contribution >= 4 is 17.5 Å². The molecule has 0 spiro atoms. The maximum atomic E-state index is 11.7. The van der Waals surface area contributed by atoms with Gasteiger partial charge in [0, 0.05) is 17.8 Å². The van der Waals surface area contributed by atoms with Gasteiger partial charge in [0.05, 0.1) is 12.1 Å². The quantitative estimate of drug-likeness (QED) is 0.561. The van der Waals surface area contributed by atoms with Gasteiger partial charge in [0.25, 0.3) is 5.91 Å². The molecule has 0 heterocycles. The summed E-state index contributed by atoms with van der Waals surface area (Å²) in [5.74, 6) is -0.690. The standard InChI is InChI=1S/C14H21N3O3/c1-3-14(2,20)9-17-12(18)8-16-13(19)10-4-6-11(15)7-5-10/h4-7,20H,3,8-9,15H2,1-2H3,(H,16,19)(H,17,18). The molecule has 1 aromatic carbocycles. The first-order valence-corrected chi connectivity index (χ1v) is 6.47. The maximum Gasteiger partial charge on any atom is 0.251 e. The second kappa shape index (κ2) is 6.91. The largest absolute Gasteiger partial charge is 0.399 e. The lowest BCUT2D eigenvalue weighted by Gasteiger charge is -2.21. The van der Waals surface area contributed by atoms with Crippen LogP contribution in [0.4, 0.5) is 5.69 Å². The normalized spacial score (nSPS) is 13.3. The minimum atomic E-state index is -0.934. The van der Waals surface area contributed by atoms with Crippen LogP contribution in [0.25, 0.3) is 0 Å². The molecule has 5 N–H and O–H groups in total. The molecule has 0 bridgehead atoms. The van der Waals surface area contributed by atoms with Crippen LogP contribution in [0, 0.1) is 0 Å². The number of nitrogens with one attached hydrogen (secondary N) is 2. The van der Waals surface area contributed by atoms with Crippen molar-refractivity contribution in [2.75, 3.05) is 18.8 Å². The third kappa shape index (κ3) is 5.27. The second-order valence-electron chi connectivity index (χ2n) is 4.93. The van der Waals surface area contributed by atoms with E-state index in [0.29, 0.717) is 17.7 Å². The molecule has 1 unspecified atom stereocenters. The number of hydrogen-bond acceptors (Lipinski definition) is 4.